The first-order valence-electron chi connectivity index (χ1n) is 5.03. The van der Waals surface area contributed by atoms with E-state index in [9.17, 15) is 4.79 Å². The number of esters is 1. The van der Waals surface area contributed by atoms with Gasteiger partial charge in [0.25, 0.3) is 0 Å². The zero-order chi connectivity index (χ0) is 11.4. The van der Waals surface area contributed by atoms with E-state index in [1.54, 1.807) is 0 Å². The van der Waals surface area contributed by atoms with Gasteiger partial charge in [-0.3, -0.25) is 4.79 Å². The summed E-state index contributed by atoms with van der Waals surface area (Å²) in [5.74, 6) is 0.457. The quantitative estimate of drug-likeness (QED) is 0.760. The molecule has 0 aliphatic heterocycles. The fraction of sp³-hybridized carbons (Fsp3) is 0.154. The highest BCUT2D eigenvalue weighted by Gasteiger charge is 2.08. The van der Waals surface area contributed by atoms with Gasteiger partial charge in [-0.15, -0.1) is 11.3 Å². The number of hydrogen-bond acceptors (Lipinski definition) is 3. The van der Waals surface area contributed by atoms with Crippen LogP contribution >= 0.6 is 11.3 Å². The van der Waals surface area contributed by atoms with Crippen LogP contribution in [-0.2, 0) is 11.2 Å². The summed E-state index contributed by atoms with van der Waals surface area (Å²) in [6.07, 6.45) is 0.316. The van der Waals surface area contributed by atoms with Crippen molar-refractivity contribution in [3.05, 3.63) is 52.2 Å². The lowest BCUT2D eigenvalue weighted by atomic mass is 10.2. The molecule has 0 saturated carbocycles. The summed E-state index contributed by atoms with van der Waals surface area (Å²) in [5.41, 5.74) is 1.98. The Morgan fingerprint density at radius 3 is 2.62 bits per heavy atom. The smallest absolute Gasteiger partial charge is 0.315 e. The number of benzene rings is 1. The molecule has 0 unspecified atom stereocenters. The van der Waals surface area contributed by atoms with E-state index in [2.05, 4.69) is 0 Å². The number of carbonyl (C=O) groups is 1. The fourth-order valence-corrected chi connectivity index (χ4v) is 2.12. The van der Waals surface area contributed by atoms with Crippen molar-refractivity contribution in [3.63, 3.8) is 0 Å². The van der Waals surface area contributed by atoms with Gasteiger partial charge in [-0.05, 0) is 17.9 Å². The number of aryl methyl sites for hydroxylation is 1. The monoisotopic (exact) mass is 232 g/mol. The molecule has 16 heavy (non-hydrogen) atoms. The van der Waals surface area contributed by atoms with Gasteiger partial charge in [-0.2, -0.15) is 0 Å². The first-order valence-corrected chi connectivity index (χ1v) is 5.97. The van der Waals surface area contributed by atoms with E-state index < -0.39 is 0 Å². The molecule has 0 amide bonds. The zero-order valence-electron chi connectivity index (χ0n) is 8.97. The van der Waals surface area contributed by atoms with Crippen molar-refractivity contribution in [1.29, 1.82) is 0 Å². The van der Waals surface area contributed by atoms with Crippen LogP contribution in [0.2, 0.25) is 0 Å². The van der Waals surface area contributed by atoms with Crippen molar-refractivity contribution < 1.29 is 9.53 Å². The van der Waals surface area contributed by atoms with Gasteiger partial charge < -0.3 is 4.74 Å². The zero-order valence-corrected chi connectivity index (χ0v) is 9.79. The Kier molecular flexibility index (Phi) is 3.37. The van der Waals surface area contributed by atoms with Crippen molar-refractivity contribution in [2.45, 2.75) is 13.3 Å². The number of ether oxygens (including phenoxy) is 1. The standard InChI is InChI=1S/C13H12O2S/c1-10-8-16-9-12(10)15-13(14)7-11-5-3-2-4-6-11/h2-6,8-9H,7H2,1H3. The minimum atomic E-state index is -0.215. The molecule has 1 aromatic carbocycles. The average molecular weight is 232 g/mol. The Bertz CT molecular complexity index is 474. The molecular formula is C13H12O2S. The molecule has 0 atom stereocenters. The van der Waals surface area contributed by atoms with Gasteiger partial charge in [0.2, 0.25) is 0 Å². The molecule has 0 saturated heterocycles. The van der Waals surface area contributed by atoms with Crippen LogP contribution in [0.3, 0.4) is 0 Å². The summed E-state index contributed by atoms with van der Waals surface area (Å²) in [4.78, 5) is 11.6. The maximum atomic E-state index is 11.6. The van der Waals surface area contributed by atoms with Crippen LogP contribution in [0, 0.1) is 6.92 Å². The Morgan fingerprint density at radius 2 is 2.00 bits per heavy atom. The average Bonchev–Trinajstić information content (AvgIpc) is 2.66. The molecule has 0 bridgehead atoms. The number of carbonyl (C=O) groups excluding carboxylic acids is 1. The fourth-order valence-electron chi connectivity index (χ4n) is 1.37. The third-order valence-corrected chi connectivity index (χ3v) is 3.06. The molecule has 2 nitrogen and oxygen atoms in total. The molecule has 0 aliphatic carbocycles. The summed E-state index contributed by atoms with van der Waals surface area (Å²) >= 11 is 1.54. The highest BCUT2D eigenvalue weighted by atomic mass is 32.1. The van der Waals surface area contributed by atoms with Crippen molar-refractivity contribution >= 4 is 17.3 Å². The highest BCUT2D eigenvalue weighted by molar-refractivity contribution is 7.08. The molecule has 82 valence electrons. The van der Waals surface area contributed by atoms with Gasteiger partial charge in [0, 0.05) is 10.9 Å². The SMILES string of the molecule is Cc1cscc1OC(=O)Cc1ccccc1. The minimum Gasteiger partial charge on any atom is -0.425 e. The molecule has 0 spiro atoms. The van der Waals surface area contributed by atoms with E-state index >= 15 is 0 Å². The van der Waals surface area contributed by atoms with Gasteiger partial charge in [0.05, 0.1) is 6.42 Å². The van der Waals surface area contributed by atoms with Crippen LogP contribution in [0.15, 0.2) is 41.1 Å². The topological polar surface area (TPSA) is 26.3 Å². The Labute approximate surface area is 98.5 Å². The number of hydrogen-bond donors (Lipinski definition) is 0. The predicted octanol–water partition coefficient (Wildman–Crippen LogP) is 3.20. The van der Waals surface area contributed by atoms with Crippen molar-refractivity contribution in [2.75, 3.05) is 0 Å². The minimum absolute atomic E-state index is 0.215. The summed E-state index contributed by atoms with van der Waals surface area (Å²) < 4.78 is 5.26. The second-order valence-electron chi connectivity index (χ2n) is 3.56. The van der Waals surface area contributed by atoms with E-state index in [0.717, 1.165) is 11.1 Å². The van der Waals surface area contributed by atoms with Gasteiger partial charge in [0.15, 0.2) is 0 Å². The van der Waals surface area contributed by atoms with E-state index in [4.69, 9.17) is 4.74 Å². The highest BCUT2D eigenvalue weighted by Crippen LogP contribution is 2.22. The molecule has 0 fully saturated rings. The lowest BCUT2D eigenvalue weighted by molar-refractivity contribution is -0.133. The van der Waals surface area contributed by atoms with E-state index in [1.165, 1.54) is 11.3 Å². The van der Waals surface area contributed by atoms with Crippen LogP contribution in [0.4, 0.5) is 0 Å². The van der Waals surface area contributed by atoms with Gasteiger partial charge >= 0.3 is 5.97 Å². The third-order valence-electron chi connectivity index (χ3n) is 2.22. The maximum Gasteiger partial charge on any atom is 0.315 e. The van der Waals surface area contributed by atoms with Crippen molar-refractivity contribution in [2.24, 2.45) is 0 Å². The molecule has 3 heteroatoms. The first kappa shape index (κ1) is 10.9. The summed E-state index contributed by atoms with van der Waals surface area (Å²) in [7, 11) is 0. The van der Waals surface area contributed by atoms with E-state index in [1.807, 2.05) is 48.0 Å². The maximum absolute atomic E-state index is 11.6. The summed E-state index contributed by atoms with van der Waals surface area (Å²) in [5, 5.41) is 3.81. The molecule has 2 aromatic rings. The van der Waals surface area contributed by atoms with Crippen molar-refractivity contribution in [3.8, 4) is 5.75 Å². The Morgan fingerprint density at radius 1 is 1.25 bits per heavy atom. The molecule has 1 aromatic heterocycles. The van der Waals surface area contributed by atoms with Gasteiger partial charge in [-0.25, -0.2) is 0 Å². The number of thiophene rings is 1. The Balaban J connectivity index is 1.98. The lowest BCUT2D eigenvalue weighted by Crippen LogP contribution is -2.11. The van der Waals surface area contributed by atoms with Crippen LogP contribution in [0.5, 0.6) is 5.75 Å². The van der Waals surface area contributed by atoms with Crippen LogP contribution in [-0.4, -0.2) is 5.97 Å². The first-order chi connectivity index (χ1) is 7.75. The van der Waals surface area contributed by atoms with E-state index in [-0.39, 0.29) is 5.97 Å². The molecule has 0 aliphatic rings. The second kappa shape index (κ2) is 4.94. The van der Waals surface area contributed by atoms with Gasteiger partial charge in [0.1, 0.15) is 5.75 Å². The van der Waals surface area contributed by atoms with Crippen molar-refractivity contribution in [1.82, 2.24) is 0 Å². The Hall–Kier alpha value is -1.61. The van der Waals surface area contributed by atoms with Gasteiger partial charge in [-0.1, -0.05) is 30.3 Å². The molecule has 2 rings (SSSR count). The van der Waals surface area contributed by atoms with E-state index in [0.29, 0.717) is 12.2 Å². The predicted molar refractivity (Wildman–Crippen MR) is 64.8 cm³/mol. The molecule has 0 N–H and O–H groups in total. The summed E-state index contributed by atoms with van der Waals surface area (Å²) in [6, 6.07) is 9.60. The number of rotatable bonds is 3. The second-order valence-corrected chi connectivity index (χ2v) is 4.30. The lowest BCUT2D eigenvalue weighted by Gasteiger charge is -2.03. The largest absolute Gasteiger partial charge is 0.425 e. The third kappa shape index (κ3) is 2.70. The molecule has 0 radical (unpaired) electrons. The summed E-state index contributed by atoms with van der Waals surface area (Å²) in [6.45, 7) is 1.93. The normalized spacial score (nSPS) is 10.1. The van der Waals surface area contributed by atoms with Crippen LogP contribution in [0.25, 0.3) is 0 Å². The van der Waals surface area contributed by atoms with Crippen LogP contribution in [0.1, 0.15) is 11.1 Å². The van der Waals surface area contributed by atoms with Crippen LogP contribution < -0.4 is 4.74 Å². The molecular weight excluding hydrogens is 220 g/mol. The molecule has 1 heterocycles.